The summed E-state index contributed by atoms with van der Waals surface area (Å²) in [6, 6.07) is 2.03. The molecule has 1 aliphatic carbocycles. The summed E-state index contributed by atoms with van der Waals surface area (Å²) in [7, 11) is 0. The minimum atomic E-state index is 0.261. The smallest absolute Gasteiger partial charge is 0.129 e. The van der Waals surface area contributed by atoms with Gasteiger partial charge in [-0.25, -0.2) is 9.97 Å². The summed E-state index contributed by atoms with van der Waals surface area (Å²) in [6.45, 7) is 3.03. The molecule has 1 saturated carbocycles. The van der Waals surface area contributed by atoms with Gasteiger partial charge in [0.2, 0.25) is 0 Å². The second-order valence-corrected chi connectivity index (χ2v) is 5.56. The number of hydrogen-bond donors (Lipinski definition) is 1. The van der Waals surface area contributed by atoms with Gasteiger partial charge >= 0.3 is 0 Å². The normalized spacial score (nSPS) is 18.6. The Bertz CT molecular complexity index is 375. The Morgan fingerprint density at radius 2 is 2.06 bits per heavy atom. The van der Waals surface area contributed by atoms with Crippen molar-refractivity contribution in [2.24, 2.45) is 5.41 Å². The first-order valence-corrected chi connectivity index (χ1v) is 7.42. The van der Waals surface area contributed by atoms with Crippen LogP contribution in [0.15, 0.2) is 12.4 Å². The summed E-state index contributed by atoms with van der Waals surface area (Å²) in [5.41, 5.74) is 1.34. The fourth-order valence-electron chi connectivity index (χ4n) is 2.63. The van der Waals surface area contributed by atoms with Crippen LogP contribution in [0.3, 0.4) is 0 Å². The van der Waals surface area contributed by atoms with Crippen LogP contribution in [0.4, 0.5) is 5.82 Å². The van der Waals surface area contributed by atoms with Crippen LogP contribution in [-0.2, 0) is 6.42 Å². The zero-order valence-corrected chi connectivity index (χ0v) is 11.8. The molecule has 1 N–H and O–H groups in total. The third-order valence-corrected chi connectivity index (χ3v) is 4.50. The van der Waals surface area contributed by atoms with Crippen LogP contribution >= 0.6 is 11.6 Å². The number of nitrogens with one attached hydrogen (secondary N) is 1. The largest absolute Gasteiger partial charge is 0.369 e. The van der Waals surface area contributed by atoms with Gasteiger partial charge in [-0.15, -0.1) is 11.6 Å². The minimum absolute atomic E-state index is 0.261. The van der Waals surface area contributed by atoms with Gasteiger partial charge in [-0.2, -0.15) is 0 Å². The number of alkyl halides is 1. The van der Waals surface area contributed by atoms with Gasteiger partial charge in [0.1, 0.15) is 12.1 Å². The van der Waals surface area contributed by atoms with Crippen molar-refractivity contribution in [2.75, 3.05) is 17.7 Å². The highest BCUT2D eigenvalue weighted by Gasteiger charge is 2.30. The highest BCUT2D eigenvalue weighted by molar-refractivity contribution is 6.18. The van der Waals surface area contributed by atoms with Gasteiger partial charge in [0.05, 0.1) is 0 Å². The Kier molecular flexibility index (Phi) is 4.81. The Morgan fingerprint density at radius 1 is 1.28 bits per heavy atom. The molecule has 4 heteroatoms. The van der Waals surface area contributed by atoms with Gasteiger partial charge < -0.3 is 5.32 Å². The second-order valence-electron chi connectivity index (χ2n) is 5.30. The Labute approximate surface area is 114 Å². The molecule has 0 aromatic carbocycles. The zero-order valence-electron chi connectivity index (χ0n) is 11.1. The lowest BCUT2D eigenvalue weighted by atomic mass is 9.75. The van der Waals surface area contributed by atoms with Crippen molar-refractivity contribution in [3.05, 3.63) is 18.1 Å². The SMILES string of the molecule is CCc1cc(NCC2(CCl)CCCCC2)ncn1. The molecule has 2 rings (SSSR count). The molecule has 1 aromatic heterocycles. The topological polar surface area (TPSA) is 37.8 Å². The van der Waals surface area contributed by atoms with Gasteiger partial charge in [0, 0.05) is 29.6 Å². The average Bonchev–Trinajstić information content (AvgIpc) is 2.46. The van der Waals surface area contributed by atoms with Crippen LogP contribution in [0.25, 0.3) is 0 Å². The standard InChI is InChI=1S/C14H22ClN3/c1-2-12-8-13(18-11-17-12)16-10-14(9-15)6-4-3-5-7-14/h8,11H,2-7,9-10H2,1H3,(H,16,17,18). The fourth-order valence-corrected chi connectivity index (χ4v) is 2.99. The molecule has 0 aliphatic heterocycles. The molecule has 0 unspecified atom stereocenters. The molecule has 1 fully saturated rings. The third kappa shape index (κ3) is 3.35. The van der Waals surface area contributed by atoms with Crippen molar-refractivity contribution in [3.63, 3.8) is 0 Å². The maximum Gasteiger partial charge on any atom is 0.129 e. The quantitative estimate of drug-likeness (QED) is 0.828. The predicted octanol–water partition coefficient (Wildman–Crippen LogP) is 3.64. The molecular weight excluding hydrogens is 246 g/mol. The lowest BCUT2D eigenvalue weighted by molar-refractivity contribution is 0.238. The molecule has 0 amide bonds. The summed E-state index contributed by atoms with van der Waals surface area (Å²) in [4.78, 5) is 8.48. The van der Waals surface area contributed by atoms with Crippen LogP contribution in [-0.4, -0.2) is 22.4 Å². The predicted molar refractivity (Wildman–Crippen MR) is 76.1 cm³/mol. The van der Waals surface area contributed by atoms with Gasteiger partial charge in [-0.05, 0) is 19.3 Å². The van der Waals surface area contributed by atoms with E-state index in [-0.39, 0.29) is 5.41 Å². The van der Waals surface area contributed by atoms with E-state index < -0.39 is 0 Å². The molecule has 0 radical (unpaired) electrons. The molecule has 1 aromatic rings. The molecule has 100 valence electrons. The monoisotopic (exact) mass is 267 g/mol. The van der Waals surface area contributed by atoms with Crippen molar-refractivity contribution in [3.8, 4) is 0 Å². The number of aryl methyl sites for hydroxylation is 1. The molecule has 0 bridgehead atoms. The van der Waals surface area contributed by atoms with Gasteiger partial charge in [-0.3, -0.25) is 0 Å². The van der Waals surface area contributed by atoms with E-state index in [1.165, 1.54) is 32.1 Å². The summed E-state index contributed by atoms with van der Waals surface area (Å²) in [5.74, 6) is 1.67. The van der Waals surface area contributed by atoms with Crippen LogP contribution in [0.2, 0.25) is 0 Å². The van der Waals surface area contributed by atoms with Crippen molar-refractivity contribution in [1.82, 2.24) is 9.97 Å². The number of rotatable bonds is 5. The van der Waals surface area contributed by atoms with E-state index in [9.17, 15) is 0 Å². The number of aromatic nitrogens is 2. The highest BCUT2D eigenvalue weighted by Crippen LogP contribution is 2.37. The Morgan fingerprint density at radius 3 is 2.72 bits per heavy atom. The molecule has 1 heterocycles. The summed E-state index contributed by atoms with van der Waals surface area (Å²) >= 11 is 6.19. The maximum absolute atomic E-state index is 6.19. The van der Waals surface area contributed by atoms with Crippen molar-refractivity contribution < 1.29 is 0 Å². The van der Waals surface area contributed by atoms with Gasteiger partial charge in [0.25, 0.3) is 0 Å². The van der Waals surface area contributed by atoms with Crippen molar-refractivity contribution >= 4 is 17.4 Å². The van der Waals surface area contributed by atoms with E-state index in [0.717, 1.165) is 30.4 Å². The van der Waals surface area contributed by atoms with Crippen LogP contribution in [0, 0.1) is 5.41 Å². The number of hydrogen-bond acceptors (Lipinski definition) is 3. The highest BCUT2D eigenvalue weighted by atomic mass is 35.5. The zero-order chi connectivity index (χ0) is 12.8. The van der Waals surface area contributed by atoms with E-state index in [2.05, 4.69) is 22.2 Å². The average molecular weight is 268 g/mol. The summed E-state index contributed by atoms with van der Waals surface area (Å²) in [5, 5.41) is 3.45. The first-order valence-electron chi connectivity index (χ1n) is 6.89. The van der Waals surface area contributed by atoms with Gasteiger partial charge in [0.15, 0.2) is 0 Å². The van der Waals surface area contributed by atoms with E-state index in [4.69, 9.17) is 11.6 Å². The number of nitrogens with zero attached hydrogens (tertiary/aromatic N) is 2. The molecule has 0 atom stereocenters. The molecule has 1 aliphatic rings. The summed E-state index contributed by atoms with van der Waals surface area (Å²) < 4.78 is 0. The molecule has 0 saturated heterocycles. The third-order valence-electron chi connectivity index (χ3n) is 3.93. The molecule has 0 spiro atoms. The van der Waals surface area contributed by atoms with E-state index in [1.807, 2.05) is 6.07 Å². The van der Waals surface area contributed by atoms with E-state index in [1.54, 1.807) is 6.33 Å². The van der Waals surface area contributed by atoms with Crippen LogP contribution in [0.1, 0.15) is 44.7 Å². The Hall–Kier alpha value is -0.830. The molecule has 18 heavy (non-hydrogen) atoms. The Balaban J connectivity index is 1.96. The van der Waals surface area contributed by atoms with Crippen LogP contribution in [0.5, 0.6) is 0 Å². The maximum atomic E-state index is 6.19. The lowest BCUT2D eigenvalue weighted by Crippen LogP contribution is -2.34. The van der Waals surface area contributed by atoms with E-state index in [0.29, 0.717) is 0 Å². The number of halogens is 1. The van der Waals surface area contributed by atoms with E-state index >= 15 is 0 Å². The summed E-state index contributed by atoms with van der Waals surface area (Å²) in [6.07, 6.45) is 9.00. The fraction of sp³-hybridized carbons (Fsp3) is 0.714. The van der Waals surface area contributed by atoms with Crippen LogP contribution < -0.4 is 5.32 Å². The van der Waals surface area contributed by atoms with Gasteiger partial charge in [-0.1, -0.05) is 26.2 Å². The van der Waals surface area contributed by atoms with Crippen molar-refractivity contribution in [1.29, 1.82) is 0 Å². The second kappa shape index (κ2) is 6.37. The first-order chi connectivity index (χ1) is 8.78. The number of anilines is 1. The molecule has 3 nitrogen and oxygen atoms in total. The molecular formula is C14H22ClN3. The lowest BCUT2D eigenvalue weighted by Gasteiger charge is -2.35. The first kappa shape index (κ1) is 13.6. The van der Waals surface area contributed by atoms with Crippen molar-refractivity contribution in [2.45, 2.75) is 45.4 Å². The minimum Gasteiger partial charge on any atom is -0.369 e.